The zero-order valence-electron chi connectivity index (χ0n) is 10.7. The lowest BCUT2D eigenvalue weighted by Gasteiger charge is -2.19. The molecule has 1 aromatic carbocycles. The van der Waals surface area contributed by atoms with Gasteiger partial charge in [0.15, 0.2) is 0 Å². The number of carbonyl (C=O) groups excluding carboxylic acids is 1. The van der Waals surface area contributed by atoms with Crippen LogP contribution in [0.25, 0.3) is 0 Å². The first-order chi connectivity index (χ1) is 7.90. The minimum absolute atomic E-state index is 0.273. The number of rotatable bonds is 5. The molecule has 17 heavy (non-hydrogen) atoms. The lowest BCUT2D eigenvalue weighted by atomic mass is 10.0. The molecule has 0 bridgehead atoms. The molecule has 0 heterocycles. The maximum atomic E-state index is 11.3. The van der Waals surface area contributed by atoms with Crippen LogP contribution >= 0.6 is 0 Å². The number of nitrogens with two attached hydrogens (primary N) is 2. The Morgan fingerprint density at radius 2 is 2.00 bits per heavy atom. The predicted molar refractivity (Wildman–Crippen MR) is 71.9 cm³/mol. The van der Waals surface area contributed by atoms with Gasteiger partial charge in [0, 0.05) is 17.4 Å². The minimum Gasteiger partial charge on any atom is -0.399 e. The van der Waals surface area contributed by atoms with Crippen LogP contribution in [-0.4, -0.2) is 11.9 Å². The smallest absolute Gasteiger partial charge is 0.250 e. The van der Waals surface area contributed by atoms with Crippen molar-refractivity contribution in [2.75, 3.05) is 11.1 Å². The molecule has 0 aromatic heterocycles. The van der Waals surface area contributed by atoms with Crippen LogP contribution in [0.3, 0.4) is 0 Å². The monoisotopic (exact) mass is 235 g/mol. The summed E-state index contributed by atoms with van der Waals surface area (Å²) in [5, 5.41) is 3.28. The van der Waals surface area contributed by atoms with Crippen molar-refractivity contribution in [2.45, 2.75) is 33.2 Å². The summed E-state index contributed by atoms with van der Waals surface area (Å²) in [6, 6.07) is 5.35. The molecular formula is C13H21N3O. The molecule has 0 saturated heterocycles. The van der Waals surface area contributed by atoms with E-state index in [2.05, 4.69) is 26.1 Å². The van der Waals surface area contributed by atoms with Gasteiger partial charge in [0.2, 0.25) is 0 Å². The lowest BCUT2D eigenvalue weighted by Crippen LogP contribution is -2.21. The number of benzene rings is 1. The second kappa shape index (κ2) is 5.57. The normalized spacial score (nSPS) is 12.5. The third-order valence-corrected chi connectivity index (χ3v) is 2.54. The summed E-state index contributed by atoms with van der Waals surface area (Å²) in [7, 11) is 0. The summed E-state index contributed by atoms with van der Waals surface area (Å²) in [4.78, 5) is 11.3. The molecule has 0 spiro atoms. The molecule has 1 atom stereocenters. The van der Waals surface area contributed by atoms with Gasteiger partial charge >= 0.3 is 0 Å². The van der Waals surface area contributed by atoms with E-state index in [0.717, 1.165) is 6.42 Å². The largest absolute Gasteiger partial charge is 0.399 e. The zero-order chi connectivity index (χ0) is 13.0. The van der Waals surface area contributed by atoms with Crippen LogP contribution in [0.1, 0.15) is 37.6 Å². The van der Waals surface area contributed by atoms with E-state index in [1.54, 1.807) is 18.2 Å². The van der Waals surface area contributed by atoms with Crippen molar-refractivity contribution in [3.8, 4) is 0 Å². The van der Waals surface area contributed by atoms with E-state index in [-0.39, 0.29) is 6.04 Å². The van der Waals surface area contributed by atoms with Crippen molar-refractivity contribution in [3.63, 3.8) is 0 Å². The van der Waals surface area contributed by atoms with Crippen LogP contribution in [0, 0.1) is 5.92 Å². The van der Waals surface area contributed by atoms with Gasteiger partial charge < -0.3 is 16.8 Å². The molecule has 4 nitrogen and oxygen atoms in total. The predicted octanol–water partition coefficient (Wildman–Crippen LogP) is 2.21. The SMILES string of the molecule is CC(C)CC(C)Nc1cc(N)ccc1C(N)=O. The quantitative estimate of drug-likeness (QED) is 0.684. The number of amides is 1. The van der Waals surface area contributed by atoms with Gasteiger partial charge in [0.1, 0.15) is 0 Å². The van der Waals surface area contributed by atoms with E-state index in [4.69, 9.17) is 11.5 Å². The third-order valence-electron chi connectivity index (χ3n) is 2.54. The molecule has 5 N–H and O–H groups in total. The van der Waals surface area contributed by atoms with Crippen LogP contribution in [-0.2, 0) is 0 Å². The highest BCUT2D eigenvalue weighted by Crippen LogP contribution is 2.21. The van der Waals surface area contributed by atoms with Crippen molar-refractivity contribution in [3.05, 3.63) is 23.8 Å². The molecule has 0 radical (unpaired) electrons. The number of nitrogen functional groups attached to an aromatic ring is 1. The maximum Gasteiger partial charge on any atom is 0.250 e. The number of hydrogen-bond donors (Lipinski definition) is 3. The Kier molecular flexibility index (Phi) is 4.37. The van der Waals surface area contributed by atoms with Crippen molar-refractivity contribution in [1.82, 2.24) is 0 Å². The van der Waals surface area contributed by atoms with Gasteiger partial charge in [0.25, 0.3) is 5.91 Å². The van der Waals surface area contributed by atoms with Crippen LogP contribution < -0.4 is 16.8 Å². The summed E-state index contributed by atoms with van der Waals surface area (Å²) in [6.07, 6.45) is 1.02. The molecule has 4 heteroatoms. The molecule has 94 valence electrons. The molecule has 0 aliphatic heterocycles. The summed E-state index contributed by atoms with van der Waals surface area (Å²) in [6.45, 7) is 6.40. The fourth-order valence-electron chi connectivity index (χ4n) is 1.93. The second-order valence-corrected chi connectivity index (χ2v) is 4.84. The van der Waals surface area contributed by atoms with E-state index in [9.17, 15) is 4.79 Å². The highest BCUT2D eigenvalue weighted by molar-refractivity contribution is 5.99. The third kappa shape index (κ3) is 3.98. The molecular weight excluding hydrogens is 214 g/mol. The van der Waals surface area contributed by atoms with E-state index < -0.39 is 5.91 Å². The number of carbonyl (C=O) groups is 1. The first-order valence-corrected chi connectivity index (χ1v) is 5.86. The number of hydrogen-bond acceptors (Lipinski definition) is 3. The average molecular weight is 235 g/mol. The van der Waals surface area contributed by atoms with Crippen LogP contribution in [0.4, 0.5) is 11.4 Å². The number of anilines is 2. The number of primary amides is 1. The molecule has 1 aromatic rings. The zero-order valence-corrected chi connectivity index (χ0v) is 10.7. The molecule has 0 aliphatic rings. The first kappa shape index (κ1) is 13.4. The van der Waals surface area contributed by atoms with E-state index in [0.29, 0.717) is 22.9 Å². The molecule has 1 rings (SSSR count). The van der Waals surface area contributed by atoms with Gasteiger partial charge in [-0.25, -0.2) is 0 Å². The standard InChI is InChI=1S/C13H21N3O/c1-8(2)6-9(3)16-12-7-10(14)4-5-11(12)13(15)17/h4-5,7-9,16H,6,14H2,1-3H3,(H2,15,17). The summed E-state index contributed by atoms with van der Waals surface area (Å²) in [5.41, 5.74) is 12.8. The van der Waals surface area contributed by atoms with Crippen molar-refractivity contribution in [1.29, 1.82) is 0 Å². The minimum atomic E-state index is -0.441. The van der Waals surface area contributed by atoms with Crippen molar-refractivity contribution >= 4 is 17.3 Å². The van der Waals surface area contributed by atoms with E-state index in [1.807, 2.05) is 0 Å². The van der Waals surface area contributed by atoms with Gasteiger partial charge in [-0.2, -0.15) is 0 Å². The molecule has 1 unspecified atom stereocenters. The number of nitrogens with one attached hydrogen (secondary N) is 1. The Balaban J connectivity index is 2.88. The van der Waals surface area contributed by atoms with Gasteiger partial charge in [-0.05, 0) is 37.5 Å². The summed E-state index contributed by atoms with van der Waals surface area (Å²) >= 11 is 0. The summed E-state index contributed by atoms with van der Waals surface area (Å²) in [5.74, 6) is 0.153. The second-order valence-electron chi connectivity index (χ2n) is 4.84. The molecule has 0 saturated carbocycles. The first-order valence-electron chi connectivity index (χ1n) is 5.86. The van der Waals surface area contributed by atoms with Crippen LogP contribution in [0.5, 0.6) is 0 Å². The fourth-order valence-corrected chi connectivity index (χ4v) is 1.93. The Bertz CT molecular complexity index is 402. The van der Waals surface area contributed by atoms with Crippen LogP contribution in [0.2, 0.25) is 0 Å². The lowest BCUT2D eigenvalue weighted by molar-refractivity contribution is 0.100. The summed E-state index contributed by atoms with van der Waals surface area (Å²) < 4.78 is 0. The Morgan fingerprint density at radius 1 is 1.35 bits per heavy atom. The Hall–Kier alpha value is -1.71. The highest BCUT2D eigenvalue weighted by atomic mass is 16.1. The highest BCUT2D eigenvalue weighted by Gasteiger charge is 2.11. The maximum absolute atomic E-state index is 11.3. The van der Waals surface area contributed by atoms with Crippen molar-refractivity contribution in [2.24, 2.45) is 11.7 Å². The van der Waals surface area contributed by atoms with E-state index in [1.165, 1.54) is 0 Å². The van der Waals surface area contributed by atoms with Gasteiger partial charge in [-0.15, -0.1) is 0 Å². The average Bonchev–Trinajstić information content (AvgIpc) is 2.15. The van der Waals surface area contributed by atoms with Crippen LogP contribution in [0.15, 0.2) is 18.2 Å². The fraction of sp³-hybridized carbons (Fsp3) is 0.462. The van der Waals surface area contributed by atoms with Gasteiger partial charge in [-0.1, -0.05) is 13.8 Å². The Labute approximate surface area is 102 Å². The molecule has 0 fully saturated rings. The topological polar surface area (TPSA) is 81.1 Å². The molecule has 0 aliphatic carbocycles. The van der Waals surface area contributed by atoms with Gasteiger partial charge in [-0.3, -0.25) is 4.79 Å². The Morgan fingerprint density at radius 3 is 2.53 bits per heavy atom. The van der Waals surface area contributed by atoms with E-state index >= 15 is 0 Å². The van der Waals surface area contributed by atoms with Gasteiger partial charge in [0.05, 0.1) is 5.56 Å². The van der Waals surface area contributed by atoms with Crippen molar-refractivity contribution < 1.29 is 4.79 Å². The molecule has 1 amide bonds.